The Bertz CT molecular complexity index is 850. The summed E-state index contributed by atoms with van der Waals surface area (Å²) in [6.07, 6.45) is -1.80. The predicted molar refractivity (Wildman–Crippen MR) is 108 cm³/mol. The van der Waals surface area contributed by atoms with E-state index in [-0.39, 0.29) is 23.6 Å². The zero-order chi connectivity index (χ0) is 22.3. The molecule has 2 atom stereocenters. The van der Waals surface area contributed by atoms with Gasteiger partial charge in [0.1, 0.15) is 5.82 Å². The van der Waals surface area contributed by atoms with Gasteiger partial charge >= 0.3 is 6.18 Å². The minimum absolute atomic E-state index is 0.0213. The van der Waals surface area contributed by atoms with Crippen molar-refractivity contribution in [3.63, 3.8) is 0 Å². The molecule has 5 nitrogen and oxygen atoms in total. The summed E-state index contributed by atoms with van der Waals surface area (Å²) in [4.78, 5) is 10.2. The van der Waals surface area contributed by atoms with Gasteiger partial charge in [-0.3, -0.25) is 4.99 Å². The summed E-state index contributed by atoms with van der Waals surface area (Å²) < 4.78 is 65.0. The molecule has 10 heteroatoms. The molecule has 2 unspecified atom stereocenters. The lowest BCUT2D eigenvalue weighted by Gasteiger charge is -2.25. The molecule has 1 aliphatic heterocycles. The maximum atomic E-state index is 13.1. The number of anilines is 1. The minimum atomic E-state index is -4.68. The van der Waals surface area contributed by atoms with Crippen molar-refractivity contribution in [3.8, 4) is 0 Å². The first kappa shape index (κ1) is 22.1. The maximum Gasteiger partial charge on any atom is 0.419 e. The van der Waals surface area contributed by atoms with Crippen molar-refractivity contribution < 1.29 is 22.0 Å². The van der Waals surface area contributed by atoms with Crippen molar-refractivity contribution in [2.24, 2.45) is 22.7 Å². The molecule has 0 amide bonds. The zero-order valence-electron chi connectivity index (χ0n) is 17.0. The Labute approximate surface area is 177 Å². The van der Waals surface area contributed by atoms with Crippen LogP contribution in [0.15, 0.2) is 17.3 Å². The number of aromatic nitrogens is 1. The summed E-state index contributed by atoms with van der Waals surface area (Å²) in [6.45, 7) is 1.57. The first-order valence-electron chi connectivity index (χ1n) is 10.6. The first-order valence-corrected chi connectivity index (χ1v) is 10.6. The van der Waals surface area contributed by atoms with Crippen LogP contribution in [0.1, 0.15) is 43.2 Å². The molecule has 2 heterocycles. The fourth-order valence-corrected chi connectivity index (χ4v) is 5.33. The van der Waals surface area contributed by atoms with E-state index in [1.54, 1.807) is 0 Å². The van der Waals surface area contributed by atoms with Crippen LogP contribution in [0.2, 0.25) is 0 Å². The van der Waals surface area contributed by atoms with Crippen molar-refractivity contribution in [1.82, 2.24) is 9.88 Å². The van der Waals surface area contributed by atoms with Gasteiger partial charge in [-0.25, -0.2) is 13.8 Å². The maximum absolute atomic E-state index is 13.1. The van der Waals surface area contributed by atoms with Crippen LogP contribution in [0.25, 0.3) is 0 Å². The molecule has 3 N–H and O–H groups in total. The lowest BCUT2D eigenvalue weighted by Crippen LogP contribution is -2.32. The molecule has 170 valence electrons. The number of fused-ring (bicyclic) bond motifs is 1. The molecule has 1 saturated heterocycles. The second-order valence-electron chi connectivity index (χ2n) is 8.75. The largest absolute Gasteiger partial charge is 0.419 e. The number of rotatable bonds is 7. The number of aliphatic imine (C=N–C) groups is 1. The SMILES string of the molecule is N=C(CC(=NCC(F)F)C1C2CC(N3CCCC3)CC21)c1cnc(N)c(C(F)(F)F)c1. The standard InChI is InChI=1S/C21H26F5N5/c22-18(23)10-29-17(19-13-6-12(7-14(13)19)31-3-1-2-4-31)8-16(27)11-5-15(21(24,25)26)20(28)30-9-11/h5,9,12-14,18-19,27H,1-4,6-8,10H2,(H2,28,30). The third-order valence-electron chi connectivity index (χ3n) is 6.82. The number of likely N-dealkylation sites (tertiary alicyclic amines) is 1. The van der Waals surface area contributed by atoms with Crippen LogP contribution in [0, 0.1) is 23.2 Å². The molecule has 4 rings (SSSR count). The van der Waals surface area contributed by atoms with Crippen LogP contribution in [-0.2, 0) is 6.18 Å². The van der Waals surface area contributed by atoms with Crippen molar-refractivity contribution in [3.05, 3.63) is 23.4 Å². The summed E-state index contributed by atoms with van der Waals surface area (Å²) in [5.74, 6) is 0.123. The molecule has 0 radical (unpaired) electrons. The van der Waals surface area contributed by atoms with Gasteiger partial charge in [0.05, 0.1) is 12.1 Å². The van der Waals surface area contributed by atoms with E-state index in [1.807, 2.05) is 0 Å². The molecule has 31 heavy (non-hydrogen) atoms. The van der Waals surface area contributed by atoms with Gasteiger partial charge in [-0.1, -0.05) is 0 Å². The van der Waals surface area contributed by atoms with E-state index in [1.165, 1.54) is 12.8 Å². The Balaban J connectivity index is 1.46. The molecular formula is C21H26F5N5. The van der Waals surface area contributed by atoms with Crippen molar-refractivity contribution >= 4 is 17.2 Å². The smallest absolute Gasteiger partial charge is 0.383 e. The molecule has 0 aromatic carbocycles. The van der Waals surface area contributed by atoms with Gasteiger partial charge in [-0.05, 0) is 56.7 Å². The number of hydrogen-bond acceptors (Lipinski definition) is 5. The fourth-order valence-electron chi connectivity index (χ4n) is 5.33. The number of nitrogen functional groups attached to an aromatic ring is 1. The fraction of sp³-hybridized carbons (Fsp3) is 0.667. The predicted octanol–water partition coefficient (Wildman–Crippen LogP) is 4.27. The highest BCUT2D eigenvalue weighted by atomic mass is 19.4. The summed E-state index contributed by atoms with van der Waals surface area (Å²) in [7, 11) is 0. The molecular weight excluding hydrogens is 417 g/mol. The highest BCUT2D eigenvalue weighted by Crippen LogP contribution is 2.59. The van der Waals surface area contributed by atoms with Gasteiger partial charge in [0, 0.05) is 41.6 Å². The van der Waals surface area contributed by atoms with E-state index in [4.69, 9.17) is 11.1 Å². The Morgan fingerprint density at radius 1 is 1.23 bits per heavy atom. The van der Waals surface area contributed by atoms with Crippen LogP contribution in [0.5, 0.6) is 0 Å². The number of nitrogens with two attached hydrogens (primary N) is 1. The summed E-state index contributed by atoms with van der Waals surface area (Å²) in [5.41, 5.74) is 4.60. The molecule has 2 aliphatic carbocycles. The lowest BCUT2D eigenvalue weighted by molar-refractivity contribution is -0.137. The van der Waals surface area contributed by atoms with Gasteiger partial charge in [-0.15, -0.1) is 0 Å². The monoisotopic (exact) mass is 443 g/mol. The normalized spacial score (nSPS) is 28.9. The number of pyridine rings is 1. The van der Waals surface area contributed by atoms with Gasteiger partial charge in [0.25, 0.3) is 6.43 Å². The Hall–Kier alpha value is -2.10. The molecule has 1 aromatic rings. The van der Waals surface area contributed by atoms with Crippen molar-refractivity contribution in [2.75, 3.05) is 25.4 Å². The molecule has 3 aliphatic rings. The molecule has 1 aromatic heterocycles. The van der Waals surface area contributed by atoms with Gasteiger partial charge in [0.2, 0.25) is 0 Å². The van der Waals surface area contributed by atoms with E-state index < -0.39 is 30.5 Å². The van der Waals surface area contributed by atoms with E-state index in [2.05, 4.69) is 14.9 Å². The summed E-state index contributed by atoms with van der Waals surface area (Å²) >= 11 is 0. The van der Waals surface area contributed by atoms with E-state index in [9.17, 15) is 22.0 Å². The summed E-state index contributed by atoms with van der Waals surface area (Å²) in [6, 6.07) is 1.33. The highest BCUT2D eigenvalue weighted by Gasteiger charge is 2.58. The van der Waals surface area contributed by atoms with Crippen molar-refractivity contribution in [2.45, 2.75) is 50.7 Å². The number of nitrogens with one attached hydrogen (secondary N) is 1. The second-order valence-corrected chi connectivity index (χ2v) is 8.75. The van der Waals surface area contributed by atoms with Gasteiger partial charge in [0.15, 0.2) is 0 Å². The third-order valence-corrected chi connectivity index (χ3v) is 6.82. The Kier molecular flexibility index (Phi) is 6.02. The van der Waals surface area contributed by atoms with Crippen LogP contribution < -0.4 is 5.73 Å². The van der Waals surface area contributed by atoms with Gasteiger partial charge in [-0.2, -0.15) is 13.2 Å². The van der Waals surface area contributed by atoms with Crippen LogP contribution >= 0.6 is 0 Å². The van der Waals surface area contributed by atoms with Crippen LogP contribution in [-0.4, -0.2) is 53.4 Å². The Morgan fingerprint density at radius 3 is 2.45 bits per heavy atom. The molecule has 3 fully saturated rings. The van der Waals surface area contributed by atoms with E-state index in [0.29, 0.717) is 23.6 Å². The summed E-state index contributed by atoms with van der Waals surface area (Å²) in [5, 5.41) is 8.30. The average molecular weight is 443 g/mol. The third kappa shape index (κ3) is 4.73. The molecule has 0 bridgehead atoms. The average Bonchev–Trinajstić information content (AvgIpc) is 3.09. The minimum Gasteiger partial charge on any atom is -0.383 e. The zero-order valence-corrected chi connectivity index (χ0v) is 17.0. The van der Waals surface area contributed by atoms with Crippen LogP contribution in [0.4, 0.5) is 27.8 Å². The van der Waals surface area contributed by atoms with E-state index in [0.717, 1.165) is 38.2 Å². The number of hydrogen-bond donors (Lipinski definition) is 2. The highest BCUT2D eigenvalue weighted by molar-refractivity contribution is 6.12. The first-order chi connectivity index (χ1) is 14.6. The topological polar surface area (TPSA) is 78.4 Å². The van der Waals surface area contributed by atoms with Crippen LogP contribution in [0.3, 0.4) is 0 Å². The lowest BCUT2D eigenvalue weighted by atomic mass is 9.97. The number of halogens is 5. The number of nitrogens with zero attached hydrogens (tertiary/aromatic N) is 3. The van der Waals surface area contributed by atoms with Gasteiger partial charge < -0.3 is 16.0 Å². The second kappa shape index (κ2) is 8.44. The quantitative estimate of drug-likeness (QED) is 0.488. The Morgan fingerprint density at radius 2 is 1.87 bits per heavy atom. The van der Waals surface area contributed by atoms with Crippen molar-refractivity contribution in [1.29, 1.82) is 5.41 Å². The molecule has 0 spiro atoms. The number of alkyl halides is 5. The molecule has 2 saturated carbocycles. The van der Waals surface area contributed by atoms with E-state index >= 15 is 0 Å².